The molecule has 1 fully saturated rings. The lowest BCUT2D eigenvalue weighted by Gasteiger charge is -2.30. The number of hydrazone groups is 1. The number of nitrogens with two attached hydrogens (primary N) is 1. The zero-order chi connectivity index (χ0) is 24.6. The molecule has 1 aliphatic heterocycles. The van der Waals surface area contributed by atoms with E-state index in [2.05, 4.69) is 12.0 Å². The molecule has 186 valence electrons. The summed E-state index contributed by atoms with van der Waals surface area (Å²) in [5, 5.41) is 6.47. The lowest BCUT2D eigenvalue weighted by molar-refractivity contribution is -0.145. The number of aryl methyl sites for hydroxylation is 1. The van der Waals surface area contributed by atoms with E-state index in [4.69, 9.17) is 15.2 Å². The van der Waals surface area contributed by atoms with Crippen molar-refractivity contribution < 1.29 is 19.1 Å². The van der Waals surface area contributed by atoms with E-state index in [0.717, 1.165) is 55.5 Å². The predicted molar refractivity (Wildman–Crippen MR) is 136 cm³/mol. The molecule has 0 aromatic heterocycles. The first-order valence-electron chi connectivity index (χ1n) is 12.6. The van der Waals surface area contributed by atoms with Crippen LogP contribution >= 0.6 is 0 Å². The smallest absolute Gasteiger partial charge is 0.306 e. The van der Waals surface area contributed by atoms with Gasteiger partial charge >= 0.3 is 5.97 Å². The molecule has 1 aliphatic carbocycles. The minimum absolute atomic E-state index is 0.0142. The fourth-order valence-corrected chi connectivity index (χ4v) is 4.60. The van der Waals surface area contributed by atoms with Gasteiger partial charge in [-0.3, -0.25) is 14.6 Å². The molecule has 35 heavy (non-hydrogen) atoms. The molecule has 2 aromatic rings. The molecule has 0 bridgehead atoms. The van der Waals surface area contributed by atoms with Crippen molar-refractivity contribution >= 4 is 18.0 Å². The number of ether oxygens (including phenoxy) is 2. The maximum absolute atomic E-state index is 13.1. The van der Waals surface area contributed by atoms with Crippen LogP contribution in [0.2, 0.25) is 0 Å². The van der Waals surface area contributed by atoms with Crippen molar-refractivity contribution in [3.05, 3.63) is 70.3 Å². The quantitative estimate of drug-likeness (QED) is 0.255. The van der Waals surface area contributed by atoms with Gasteiger partial charge < -0.3 is 15.2 Å². The van der Waals surface area contributed by atoms with Gasteiger partial charge in [-0.2, -0.15) is 5.10 Å². The summed E-state index contributed by atoms with van der Waals surface area (Å²) in [5.74, 6) is -0.128. The molecule has 7 nitrogen and oxygen atoms in total. The lowest BCUT2D eigenvalue weighted by Crippen LogP contribution is -2.32. The highest BCUT2D eigenvalue weighted by Gasteiger charge is 2.29. The second-order valence-corrected chi connectivity index (χ2v) is 9.28. The van der Waals surface area contributed by atoms with Gasteiger partial charge in [0.25, 0.3) is 0 Å². The molecule has 0 radical (unpaired) electrons. The number of rotatable bonds is 9. The van der Waals surface area contributed by atoms with E-state index >= 15 is 0 Å². The number of esters is 1. The van der Waals surface area contributed by atoms with Crippen LogP contribution in [0.25, 0.3) is 0 Å². The lowest BCUT2D eigenvalue weighted by atomic mass is 9.78. The molecule has 1 saturated heterocycles. The standard InChI is InChI=1S/C28H35N3O4/c1-2-3-14-35-26(32)18-23-9-8-22-17-24(10-11-25(22)27(23)29)28(33)21-6-4-20(5-7-21)19-30-31-12-15-34-16-13-31/h4-7,10-11,17,19,23,27H,2-3,8-9,12-16,18,29H2,1H3. The summed E-state index contributed by atoms with van der Waals surface area (Å²) in [6.07, 6.45) is 5.65. The number of unbranched alkanes of at least 4 members (excludes halogenated alkanes) is 1. The summed E-state index contributed by atoms with van der Waals surface area (Å²) in [4.78, 5) is 25.3. The van der Waals surface area contributed by atoms with Crippen LogP contribution < -0.4 is 5.73 Å². The largest absolute Gasteiger partial charge is 0.466 e. The topological polar surface area (TPSA) is 94.2 Å². The number of ketones is 1. The first-order valence-corrected chi connectivity index (χ1v) is 12.6. The number of carbonyl (C=O) groups excluding carboxylic acids is 2. The van der Waals surface area contributed by atoms with Crippen molar-refractivity contribution in [3.8, 4) is 0 Å². The Morgan fingerprint density at radius 2 is 1.89 bits per heavy atom. The number of hydrogen-bond acceptors (Lipinski definition) is 7. The van der Waals surface area contributed by atoms with Crippen molar-refractivity contribution in [1.82, 2.24) is 5.01 Å². The van der Waals surface area contributed by atoms with Gasteiger partial charge in [0, 0.05) is 17.2 Å². The van der Waals surface area contributed by atoms with Crippen LogP contribution in [0.5, 0.6) is 0 Å². The fourth-order valence-electron chi connectivity index (χ4n) is 4.60. The third-order valence-corrected chi connectivity index (χ3v) is 6.78. The Morgan fingerprint density at radius 3 is 2.63 bits per heavy atom. The predicted octanol–water partition coefficient (Wildman–Crippen LogP) is 3.88. The third kappa shape index (κ3) is 6.55. The summed E-state index contributed by atoms with van der Waals surface area (Å²) >= 11 is 0. The average molecular weight is 478 g/mol. The molecule has 4 rings (SSSR count). The van der Waals surface area contributed by atoms with Crippen LogP contribution in [0, 0.1) is 5.92 Å². The average Bonchev–Trinajstić information content (AvgIpc) is 2.89. The first-order chi connectivity index (χ1) is 17.0. The van der Waals surface area contributed by atoms with Crippen LogP contribution in [0.1, 0.15) is 71.3 Å². The zero-order valence-electron chi connectivity index (χ0n) is 20.4. The van der Waals surface area contributed by atoms with Gasteiger partial charge in [0.2, 0.25) is 0 Å². The van der Waals surface area contributed by atoms with Gasteiger partial charge in [0.1, 0.15) is 0 Å². The molecule has 7 heteroatoms. The van der Waals surface area contributed by atoms with Gasteiger partial charge in [-0.1, -0.05) is 49.7 Å². The molecule has 2 unspecified atom stereocenters. The molecule has 2 aliphatic rings. The van der Waals surface area contributed by atoms with Crippen molar-refractivity contribution in [2.45, 2.75) is 45.1 Å². The Labute approximate surface area is 207 Å². The summed E-state index contributed by atoms with van der Waals surface area (Å²) < 4.78 is 10.7. The van der Waals surface area contributed by atoms with Gasteiger partial charge in [-0.05, 0) is 47.9 Å². The zero-order valence-corrected chi connectivity index (χ0v) is 20.4. The molecular weight excluding hydrogens is 442 g/mol. The number of morpholine rings is 1. The summed E-state index contributed by atoms with van der Waals surface area (Å²) in [7, 11) is 0. The van der Waals surface area contributed by atoms with Gasteiger partial charge in [-0.25, -0.2) is 0 Å². The SMILES string of the molecule is CCCCOC(=O)CC1CCc2cc(C(=O)c3ccc(C=NN4CCOCC4)cc3)ccc2C1N. The van der Waals surface area contributed by atoms with E-state index in [1.807, 2.05) is 53.7 Å². The van der Waals surface area contributed by atoms with Crippen LogP contribution in [0.3, 0.4) is 0 Å². The van der Waals surface area contributed by atoms with Gasteiger partial charge in [0.05, 0.1) is 45.5 Å². The number of nitrogens with zero attached hydrogens (tertiary/aromatic N) is 2. The van der Waals surface area contributed by atoms with Crippen molar-refractivity contribution in [2.75, 3.05) is 32.9 Å². The van der Waals surface area contributed by atoms with Crippen molar-refractivity contribution in [2.24, 2.45) is 16.8 Å². The molecule has 0 spiro atoms. The monoisotopic (exact) mass is 477 g/mol. The molecule has 1 heterocycles. The number of fused-ring (bicyclic) bond motifs is 1. The molecule has 0 amide bonds. The van der Waals surface area contributed by atoms with E-state index in [0.29, 0.717) is 37.4 Å². The highest BCUT2D eigenvalue weighted by Crippen LogP contribution is 2.35. The number of carbonyl (C=O) groups is 2. The molecule has 2 atom stereocenters. The van der Waals surface area contributed by atoms with E-state index in [1.54, 1.807) is 0 Å². The minimum atomic E-state index is -0.230. The first kappa shape index (κ1) is 25.1. The summed E-state index contributed by atoms with van der Waals surface area (Å²) in [6, 6.07) is 13.0. The number of benzene rings is 2. The molecular formula is C28H35N3O4. The van der Waals surface area contributed by atoms with Gasteiger partial charge in [-0.15, -0.1) is 0 Å². The summed E-state index contributed by atoms with van der Waals surface area (Å²) in [6.45, 7) is 5.52. The van der Waals surface area contributed by atoms with Crippen LogP contribution in [-0.4, -0.2) is 55.9 Å². The normalized spacial score (nSPS) is 20.0. The third-order valence-electron chi connectivity index (χ3n) is 6.78. The van der Waals surface area contributed by atoms with Crippen LogP contribution in [0.4, 0.5) is 0 Å². The minimum Gasteiger partial charge on any atom is -0.466 e. The van der Waals surface area contributed by atoms with E-state index in [9.17, 15) is 9.59 Å². The van der Waals surface area contributed by atoms with Crippen molar-refractivity contribution in [3.63, 3.8) is 0 Å². The second-order valence-electron chi connectivity index (χ2n) is 9.28. The molecule has 0 saturated carbocycles. The Balaban J connectivity index is 1.38. The van der Waals surface area contributed by atoms with Crippen molar-refractivity contribution in [1.29, 1.82) is 0 Å². The Kier molecular flexibility index (Phi) is 8.66. The second kappa shape index (κ2) is 12.1. The van der Waals surface area contributed by atoms with Crippen LogP contribution in [0.15, 0.2) is 47.6 Å². The highest BCUT2D eigenvalue weighted by molar-refractivity contribution is 6.09. The van der Waals surface area contributed by atoms with Gasteiger partial charge in [0.15, 0.2) is 5.78 Å². The van der Waals surface area contributed by atoms with E-state index < -0.39 is 0 Å². The molecule has 2 aromatic carbocycles. The van der Waals surface area contributed by atoms with E-state index in [-0.39, 0.29) is 23.7 Å². The highest BCUT2D eigenvalue weighted by atomic mass is 16.5. The molecule has 2 N–H and O–H groups in total. The Hall–Kier alpha value is -3.03. The number of hydrogen-bond donors (Lipinski definition) is 1. The Morgan fingerprint density at radius 1 is 1.14 bits per heavy atom. The fraction of sp³-hybridized carbons (Fsp3) is 0.464. The van der Waals surface area contributed by atoms with E-state index in [1.165, 1.54) is 0 Å². The summed E-state index contributed by atoms with van der Waals surface area (Å²) in [5.41, 5.74) is 10.9. The Bertz CT molecular complexity index is 1040. The maximum atomic E-state index is 13.1. The van der Waals surface area contributed by atoms with Crippen LogP contribution in [-0.2, 0) is 20.7 Å². The maximum Gasteiger partial charge on any atom is 0.306 e.